The zero-order valence-electron chi connectivity index (χ0n) is 20.0. The molecule has 32 heavy (non-hydrogen) atoms. The highest BCUT2D eigenvalue weighted by Crippen LogP contribution is 2.56. The molecule has 0 spiro atoms. The van der Waals surface area contributed by atoms with E-state index in [4.69, 9.17) is 5.73 Å². The predicted octanol–water partition coefficient (Wildman–Crippen LogP) is 2.65. The highest BCUT2D eigenvalue weighted by atomic mass is 16.3. The number of carbonyl (C=O) groups excluding carboxylic acids is 2. The quantitative estimate of drug-likeness (QED) is 0.412. The lowest BCUT2D eigenvalue weighted by atomic mass is 9.53. The summed E-state index contributed by atoms with van der Waals surface area (Å²) >= 11 is 0. The van der Waals surface area contributed by atoms with Crippen LogP contribution in [0.1, 0.15) is 58.1 Å². The van der Waals surface area contributed by atoms with E-state index >= 15 is 0 Å². The summed E-state index contributed by atoms with van der Waals surface area (Å²) in [5, 5.41) is 25.3. The molecule has 0 radical (unpaired) electrons. The molecule has 1 heterocycles. The van der Waals surface area contributed by atoms with Crippen molar-refractivity contribution >= 4 is 12.3 Å². The number of fused-ring (bicyclic) bond motifs is 1. The summed E-state index contributed by atoms with van der Waals surface area (Å²) in [5.41, 5.74) is 7.10. The minimum Gasteiger partial charge on any atom is -0.508 e. The first-order valence-electron chi connectivity index (χ1n) is 11.2. The van der Waals surface area contributed by atoms with Crippen LogP contribution >= 0.6 is 0 Å². The Hall–Kier alpha value is -2.64. The number of nitrogens with two attached hydrogens (primary N) is 1. The molecule has 1 aromatic carbocycles. The zero-order valence-corrected chi connectivity index (χ0v) is 20.0. The van der Waals surface area contributed by atoms with Crippen molar-refractivity contribution in [1.29, 1.82) is 0 Å². The fourth-order valence-electron chi connectivity index (χ4n) is 5.19. The van der Waals surface area contributed by atoms with Crippen molar-refractivity contribution in [3.63, 3.8) is 0 Å². The van der Waals surface area contributed by atoms with Crippen molar-refractivity contribution in [2.45, 2.75) is 70.9 Å². The molecule has 3 unspecified atom stereocenters. The Morgan fingerprint density at radius 1 is 1.31 bits per heavy atom. The molecule has 1 saturated heterocycles. The number of phenolic OH excluding ortho intramolecular Hbond substituents is 1. The van der Waals surface area contributed by atoms with Crippen LogP contribution in [0.3, 0.4) is 0 Å². The summed E-state index contributed by atoms with van der Waals surface area (Å²) < 4.78 is 0. The van der Waals surface area contributed by atoms with Crippen molar-refractivity contribution in [3.05, 3.63) is 52.2 Å². The minimum atomic E-state index is -1.18. The van der Waals surface area contributed by atoms with Gasteiger partial charge in [0.1, 0.15) is 5.75 Å². The van der Waals surface area contributed by atoms with Crippen molar-refractivity contribution in [3.8, 4) is 5.75 Å². The number of primary amides is 1. The molecule has 2 amide bonds. The molecule has 0 saturated carbocycles. The molecule has 3 atom stereocenters. The molecule has 7 nitrogen and oxygen atoms in total. The third-order valence-corrected chi connectivity index (χ3v) is 7.15. The number of aromatic hydroxyl groups is 1. The smallest absolute Gasteiger partial charge is 0.244 e. The summed E-state index contributed by atoms with van der Waals surface area (Å²) in [6.45, 7) is 10.3. The first-order chi connectivity index (χ1) is 15.1. The van der Waals surface area contributed by atoms with Crippen LogP contribution in [0.2, 0.25) is 0 Å². The number of nitrogens with zero attached hydrogens (tertiary/aromatic N) is 1. The molecule has 1 fully saturated rings. The Morgan fingerprint density at radius 2 is 1.97 bits per heavy atom. The summed E-state index contributed by atoms with van der Waals surface area (Å²) in [6, 6.07) is 5.03. The van der Waals surface area contributed by atoms with Crippen LogP contribution in [0.25, 0.3) is 0 Å². The van der Waals surface area contributed by atoms with Crippen molar-refractivity contribution in [2.75, 3.05) is 13.6 Å². The normalized spacial score (nSPS) is 28.3. The second kappa shape index (κ2) is 9.88. The Kier molecular flexibility index (Phi) is 7.91. The van der Waals surface area contributed by atoms with Gasteiger partial charge in [-0.25, -0.2) is 0 Å². The third-order valence-electron chi connectivity index (χ3n) is 7.15. The van der Waals surface area contributed by atoms with E-state index in [9.17, 15) is 19.8 Å². The van der Waals surface area contributed by atoms with Crippen LogP contribution in [-0.4, -0.2) is 52.7 Å². The maximum absolute atomic E-state index is 12.2. The molecular weight excluding hydrogens is 406 g/mol. The van der Waals surface area contributed by atoms with Gasteiger partial charge >= 0.3 is 0 Å². The Balaban J connectivity index is 0.00000176. The maximum atomic E-state index is 12.2. The molecule has 176 valence electrons. The van der Waals surface area contributed by atoms with Crippen molar-refractivity contribution < 1.29 is 19.8 Å². The Labute approximate surface area is 191 Å². The highest BCUT2D eigenvalue weighted by Gasteiger charge is 2.60. The first-order valence-corrected chi connectivity index (χ1v) is 11.2. The van der Waals surface area contributed by atoms with Gasteiger partial charge in [0.15, 0.2) is 0 Å². The molecule has 0 aromatic heterocycles. The summed E-state index contributed by atoms with van der Waals surface area (Å²) in [7, 11) is 1.98. The SMILES string of the molecule is C/C(=C\C1=C(NC=O)CC2(c3cc(O)ccc3C)CCN(C)C(C)C2(O)C1)C(N)=O.CC. The number of phenols is 1. The van der Waals surface area contributed by atoms with Crippen molar-refractivity contribution in [2.24, 2.45) is 5.73 Å². The lowest BCUT2D eigenvalue weighted by Crippen LogP contribution is -2.68. The fourth-order valence-corrected chi connectivity index (χ4v) is 5.19. The average molecular weight is 444 g/mol. The Bertz CT molecular complexity index is 939. The van der Waals surface area contributed by atoms with Gasteiger partial charge in [-0.05, 0) is 75.7 Å². The number of aryl methyl sites for hydroxylation is 1. The van der Waals surface area contributed by atoms with Gasteiger partial charge in [-0.3, -0.25) is 9.59 Å². The van der Waals surface area contributed by atoms with E-state index in [1.807, 2.05) is 40.8 Å². The van der Waals surface area contributed by atoms with Crippen molar-refractivity contribution in [1.82, 2.24) is 10.2 Å². The molecule has 5 N–H and O–H groups in total. The zero-order chi connectivity index (χ0) is 24.3. The number of hydrogen-bond acceptors (Lipinski definition) is 5. The van der Waals surface area contributed by atoms with E-state index in [1.54, 1.807) is 25.1 Å². The number of aliphatic hydroxyl groups is 1. The van der Waals surface area contributed by atoms with Gasteiger partial charge in [0.05, 0.1) is 5.60 Å². The first kappa shape index (κ1) is 25.6. The molecule has 1 aromatic rings. The number of benzene rings is 1. The van der Waals surface area contributed by atoms with E-state index in [-0.39, 0.29) is 18.2 Å². The van der Waals surface area contributed by atoms with E-state index in [1.165, 1.54) is 0 Å². The van der Waals surface area contributed by atoms with E-state index in [0.717, 1.165) is 17.7 Å². The molecular formula is C25H37N3O4. The van der Waals surface area contributed by atoms with E-state index in [0.29, 0.717) is 36.1 Å². The highest BCUT2D eigenvalue weighted by molar-refractivity contribution is 5.91. The van der Waals surface area contributed by atoms with Gasteiger partial charge in [0.2, 0.25) is 12.3 Å². The van der Waals surface area contributed by atoms with Crippen LogP contribution in [0.15, 0.2) is 41.1 Å². The molecule has 1 aliphatic heterocycles. The molecule has 7 heteroatoms. The van der Waals surface area contributed by atoms with Crippen LogP contribution < -0.4 is 11.1 Å². The number of likely N-dealkylation sites (tertiary alicyclic amines) is 1. The summed E-state index contributed by atoms with van der Waals surface area (Å²) in [5.74, 6) is -0.405. The van der Waals surface area contributed by atoms with Gasteiger partial charge in [-0.15, -0.1) is 0 Å². The number of piperidine rings is 1. The number of allylic oxidation sites excluding steroid dienone is 2. The van der Waals surface area contributed by atoms with Crippen LogP contribution in [0.5, 0.6) is 5.75 Å². The van der Waals surface area contributed by atoms with Crippen LogP contribution in [-0.2, 0) is 15.0 Å². The summed E-state index contributed by atoms with van der Waals surface area (Å²) in [4.78, 5) is 25.1. The number of carbonyl (C=O) groups is 2. The lowest BCUT2D eigenvalue weighted by Gasteiger charge is -2.60. The molecule has 1 aliphatic carbocycles. The minimum absolute atomic E-state index is 0.142. The van der Waals surface area contributed by atoms with E-state index in [2.05, 4.69) is 10.2 Å². The monoisotopic (exact) mass is 443 g/mol. The lowest BCUT2D eigenvalue weighted by molar-refractivity contribution is -0.132. The second-order valence-corrected chi connectivity index (χ2v) is 8.72. The predicted molar refractivity (Wildman–Crippen MR) is 126 cm³/mol. The van der Waals surface area contributed by atoms with Gasteiger partial charge in [0.25, 0.3) is 0 Å². The third kappa shape index (κ3) is 4.32. The number of likely N-dealkylation sites (N-methyl/N-ethyl adjacent to an activating group) is 1. The van der Waals surface area contributed by atoms with Gasteiger partial charge in [-0.1, -0.05) is 19.9 Å². The number of amides is 2. The van der Waals surface area contributed by atoms with E-state index < -0.39 is 16.9 Å². The fraction of sp³-hybridized carbons (Fsp3) is 0.520. The standard InChI is InChI=1S/C23H31N3O4.C2H6/c1-14-5-6-18(28)10-19(14)22-7-8-26(4)16(3)23(22,30)11-17(9-15(2)21(24)29)20(12-22)25-13-27;1-2/h5-6,9-10,13,16,28,30H,7-8,11-12H2,1-4H3,(H2,24,29)(H,25,27);1-2H3/b15-9+;. The Morgan fingerprint density at radius 3 is 2.56 bits per heavy atom. The number of rotatable bonds is 5. The topological polar surface area (TPSA) is 116 Å². The number of hydrogen-bond donors (Lipinski definition) is 4. The summed E-state index contributed by atoms with van der Waals surface area (Å²) in [6.07, 6.45) is 3.56. The second-order valence-electron chi connectivity index (χ2n) is 8.72. The van der Waals surface area contributed by atoms with Gasteiger partial charge in [-0.2, -0.15) is 0 Å². The maximum Gasteiger partial charge on any atom is 0.244 e. The molecule has 3 rings (SSSR count). The largest absolute Gasteiger partial charge is 0.508 e. The van der Waals surface area contributed by atoms with Gasteiger partial charge < -0.3 is 26.2 Å². The molecule has 2 aliphatic rings. The van der Waals surface area contributed by atoms with Crippen LogP contribution in [0.4, 0.5) is 0 Å². The number of nitrogens with one attached hydrogen (secondary N) is 1. The molecule has 0 bridgehead atoms. The van der Waals surface area contributed by atoms with Gasteiger partial charge in [0, 0.05) is 35.6 Å². The average Bonchev–Trinajstić information content (AvgIpc) is 2.76. The van der Waals surface area contributed by atoms with Crippen LogP contribution in [0, 0.1) is 6.92 Å².